The number of anilines is 1. The van der Waals surface area contributed by atoms with Crippen LogP contribution in [-0.4, -0.2) is 18.5 Å². The van der Waals surface area contributed by atoms with Crippen molar-refractivity contribution in [3.8, 4) is 0 Å². The molecule has 0 aliphatic heterocycles. The van der Waals surface area contributed by atoms with E-state index in [1.807, 2.05) is 50.2 Å². The normalized spacial score (nSPS) is 11.6. The number of hydrogen-bond acceptors (Lipinski definition) is 3. The Kier molecular flexibility index (Phi) is 6.38. The molecule has 0 aliphatic rings. The Labute approximate surface area is 146 Å². The van der Waals surface area contributed by atoms with Gasteiger partial charge in [0, 0.05) is 10.7 Å². The van der Waals surface area contributed by atoms with Gasteiger partial charge in [0.2, 0.25) is 0 Å². The summed E-state index contributed by atoms with van der Waals surface area (Å²) in [6.07, 6.45) is 0.230. The minimum Gasteiger partial charge on any atom is -0.456 e. The molecule has 24 heavy (non-hydrogen) atoms. The average Bonchev–Trinajstić information content (AvgIpc) is 2.57. The van der Waals surface area contributed by atoms with Crippen molar-refractivity contribution >= 4 is 29.2 Å². The number of halogens is 1. The lowest BCUT2D eigenvalue weighted by Gasteiger charge is -2.12. The molecule has 4 nitrogen and oxygen atoms in total. The van der Waals surface area contributed by atoms with E-state index in [1.54, 1.807) is 12.1 Å². The van der Waals surface area contributed by atoms with E-state index in [0.717, 1.165) is 11.1 Å². The molecule has 5 heteroatoms. The van der Waals surface area contributed by atoms with Gasteiger partial charge in [-0.1, -0.05) is 54.9 Å². The molecule has 2 rings (SSSR count). The molecule has 0 aromatic heterocycles. The van der Waals surface area contributed by atoms with Crippen LogP contribution in [0.25, 0.3) is 0 Å². The van der Waals surface area contributed by atoms with E-state index in [4.69, 9.17) is 16.3 Å². The second kappa shape index (κ2) is 8.50. The maximum atomic E-state index is 11.9. The highest BCUT2D eigenvalue weighted by Gasteiger charge is 2.14. The van der Waals surface area contributed by atoms with Gasteiger partial charge in [-0.05, 0) is 36.1 Å². The van der Waals surface area contributed by atoms with Gasteiger partial charge in [-0.15, -0.1) is 0 Å². The molecular weight excluding hydrogens is 326 g/mol. The molecule has 1 N–H and O–H groups in total. The summed E-state index contributed by atoms with van der Waals surface area (Å²) < 4.78 is 5.05. The Bertz CT molecular complexity index is 716. The highest BCUT2D eigenvalue weighted by atomic mass is 35.5. The first kappa shape index (κ1) is 18.0. The summed E-state index contributed by atoms with van der Waals surface area (Å²) in [7, 11) is 0. The lowest BCUT2D eigenvalue weighted by Crippen LogP contribution is -2.21. The summed E-state index contributed by atoms with van der Waals surface area (Å²) in [4.78, 5) is 23.8. The number of aryl methyl sites for hydroxylation is 1. The van der Waals surface area contributed by atoms with Crippen molar-refractivity contribution in [3.05, 3.63) is 64.7 Å². The third-order valence-electron chi connectivity index (χ3n) is 3.68. The van der Waals surface area contributed by atoms with Crippen molar-refractivity contribution < 1.29 is 14.3 Å². The lowest BCUT2D eigenvalue weighted by atomic mass is 9.98. The van der Waals surface area contributed by atoms with Crippen LogP contribution < -0.4 is 5.32 Å². The van der Waals surface area contributed by atoms with Crippen molar-refractivity contribution in [1.82, 2.24) is 0 Å². The van der Waals surface area contributed by atoms with Crippen molar-refractivity contribution in [1.29, 1.82) is 0 Å². The maximum Gasteiger partial charge on any atom is 0.306 e. The molecule has 1 atom stereocenters. The van der Waals surface area contributed by atoms with Crippen molar-refractivity contribution in [2.75, 3.05) is 11.9 Å². The molecule has 0 saturated heterocycles. The summed E-state index contributed by atoms with van der Waals surface area (Å²) in [5, 5.41) is 3.22. The topological polar surface area (TPSA) is 55.4 Å². The third kappa shape index (κ3) is 5.39. The fourth-order valence-corrected chi connectivity index (χ4v) is 2.44. The van der Waals surface area contributed by atoms with Gasteiger partial charge in [-0.3, -0.25) is 9.59 Å². The molecule has 2 aromatic rings. The van der Waals surface area contributed by atoms with Crippen LogP contribution in [0.1, 0.15) is 30.4 Å². The molecule has 0 radical (unpaired) electrons. The minimum atomic E-state index is -0.399. The molecule has 0 spiro atoms. The van der Waals surface area contributed by atoms with E-state index in [9.17, 15) is 9.59 Å². The van der Waals surface area contributed by atoms with E-state index < -0.39 is 5.97 Å². The second-order valence-corrected chi connectivity index (χ2v) is 6.12. The second-order valence-electron chi connectivity index (χ2n) is 5.68. The van der Waals surface area contributed by atoms with Gasteiger partial charge >= 0.3 is 5.97 Å². The van der Waals surface area contributed by atoms with Crippen molar-refractivity contribution in [2.24, 2.45) is 0 Å². The third-order valence-corrected chi connectivity index (χ3v) is 3.91. The molecule has 0 bridgehead atoms. The first-order valence-electron chi connectivity index (χ1n) is 7.72. The predicted molar refractivity (Wildman–Crippen MR) is 95.3 cm³/mol. The maximum absolute atomic E-state index is 11.9. The molecule has 0 aliphatic carbocycles. The number of ether oxygens (including phenoxy) is 1. The van der Waals surface area contributed by atoms with Crippen LogP contribution in [0.3, 0.4) is 0 Å². The number of rotatable bonds is 6. The largest absolute Gasteiger partial charge is 0.456 e. The highest BCUT2D eigenvalue weighted by Crippen LogP contribution is 2.20. The molecule has 0 fully saturated rings. The van der Waals surface area contributed by atoms with E-state index >= 15 is 0 Å². The Morgan fingerprint density at radius 1 is 1.17 bits per heavy atom. The van der Waals surface area contributed by atoms with E-state index in [2.05, 4.69) is 5.32 Å². The number of esters is 1. The van der Waals surface area contributed by atoms with E-state index in [-0.39, 0.29) is 24.9 Å². The highest BCUT2D eigenvalue weighted by molar-refractivity contribution is 6.31. The van der Waals surface area contributed by atoms with Crippen LogP contribution in [0.5, 0.6) is 0 Å². The fourth-order valence-electron chi connectivity index (χ4n) is 2.27. The van der Waals surface area contributed by atoms with Crippen LogP contribution in [0.15, 0.2) is 48.5 Å². The number of nitrogens with one attached hydrogen (secondary N) is 1. The van der Waals surface area contributed by atoms with Gasteiger partial charge in [0.25, 0.3) is 5.91 Å². The SMILES string of the molecule is Cc1ccc(Cl)cc1NC(=O)COC(=O)C[C@@H](C)c1ccccc1. The molecular formula is C19H20ClNO3. The summed E-state index contributed by atoms with van der Waals surface area (Å²) in [5.74, 6) is -0.748. The fraction of sp³-hybridized carbons (Fsp3) is 0.263. The number of benzene rings is 2. The smallest absolute Gasteiger partial charge is 0.306 e. The van der Waals surface area contributed by atoms with Crippen LogP contribution in [0, 0.1) is 6.92 Å². The molecule has 0 heterocycles. The monoisotopic (exact) mass is 345 g/mol. The predicted octanol–water partition coefficient (Wildman–Crippen LogP) is 4.32. The minimum absolute atomic E-state index is 0.0388. The zero-order chi connectivity index (χ0) is 17.5. The van der Waals surface area contributed by atoms with Crippen LogP contribution in [0.4, 0.5) is 5.69 Å². The number of carbonyl (C=O) groups excluding carboxylic acids is 2. The van der Waals surface area contributed by atoms with Crippen molar-refractivity contribution in [2.45, 2.75) is 26.2 Å². The van der Waals surface area contributed by atoms with Crippen LogP contribution >= 0.6 is 11.6 Å². The number of carbonyl (C=O) groups is 2. The molecule has 0 unspecified atom stereocenters. The van der Waals surface area contributed by atoms with E-state index in [0.29, 0.717) is 10.7 Å². The van der Waals surface area contributed by atoms with Gasteiger partial charge in [0.1, 0.15) is 0 Å². The molecule has 126 valence electrons. The van der Waals surface area contributed by atoms with Gasteiger partial charge in [0.05, 0.1) is 6.42 Å². The molecule has 1 amide bonds. The first-order chi connectivity index (χ1) is 11.5. The van der Waals surface area contributed by atoms with Crippen molar-refractivity contribution in [3.63, 3.8) is 0 Å². The summed E-state index contributed by atoms with van der Waals surface area (Å²) >= 11 is 5.91. The standard InChI is InChI=1S/C19H20ClNO3/c1-13-8-9-16(20)11-17(13)21-18(22)12-24-19(23)10-14(2)15-6-4-3-5-7-15/h3-9,11,14H,10,12H2,1-2H3,(H,21,22)/t14-/m1/s1. The zero-order valence-electron chi connectivity index (χ0n) is 13.7. The van der Waals surface area contributed by atoms with Gasteiger partial charge in [0.15, 0.2) is 6.61 Å². The van der Waals surface area contributed by atoms with Gasteiger partial charge in [-0.2, -0.15) is 0 Å². The Hall–Kier alpha value is -2.33. The Morgan fingerprint density at radius 2 is 1.88 bits per heavy atom. The zero-order valence-corrected chi connectivity index (χ0v) is 14.5. The molecule has 0 saturated carbocycles. The summed E-state index contributed by atoms with van der Waals surface area (Å²) in [5.41, 5.74) is 2.56. The quantitative estimate of drug-likeness (QED) is 0.793. The Balaban J connectivity index is 1.81. The molecule has 2 aromatic carbocycles. The summed E-state index contributed by atoms with van der Waals surface area (Å²) in [6, 6.07) is 14.9. The van der Waals surface area contributed by atoms with Gasteiger partial charge in [-0.25, -0.2) is 0 Å². The van der Waals surface area contributed by atoms with Crippen LogP contribution in [0.2, 0.25) is 5.02 Å². The lowest BCUT2D eigenvalue weighted by molar-refractivity contribution is -0.147. The van der Waals surface area contributed by atoms with E-state index in [1.165, 1.54) is 0 Å². The summed E-state index contributed by atoms with van der Waals surface area (Å²) in [6.45, 7) is 3.50. The first-order valence-corrected chi connectivity index (χ1v) is 8.10. The Morgan fingerprint density at radius 3 is 2.58 bits per heavy atom. The number of amides is 1. The average molecular weight is 346 g/mol. The van der Waals surface area contributed by atoms with Gasteiger partial charge < -0.3 is 10.1 Å². The van der Waals surface area contributed by atoms with Crippen LogP contribution in [-0.2, 0) is 14.3 Å². The number of hydrogen-bond donors (Lipinski definition) is 1.